The van der Waals surface area contributed by atoms with E-state index in [1.54, 1.807) is 51.4 Å². The molecule has 198 valence electrons. The molecular weight excluding hydrogens is 500 g/mol. The molecule has 3 heterocycles. The molecule has 0 saturated carbocycles. The summed E-state index contributed by atoms with van der Waals surface area (Å²) in [5.41, 5.74) is 4.12. The third kappa shape index (κ3) is 4.19. The van der Waals surface area contributed by atoms with Gasteiger partial charge in [-0.25, -0.2) is 14.5 Å². The van der Waals surface area contributed by atoms with Crippen LogP contribution in [0.15, 0.2) is 60.9 Å². The minimum atomic E-state index is -0.321. The standard InChI is InChI=1S/C29H26N4O6/c1-35-20-9-5-16(11-23(20)37-3)12-25-31-28-27-26(17-6-10-21(36-2)24(13-17)38-4)19-8-7-18(34)14-22(19)39-29(27)30-15-33(28)32-25/h5-11,13-15,26,34H,12H2,1-4H3/t26-/m0/s1. The van der Waals surface area contributed by atoms with E-state index in [1.165, 1.54) is 0 Å². The number of hydrogen-bond acceptors (Lipinski definition) is 9. The molecule has 5 aromatic rings. The first-order valence-electron chi connectivity index (χ1n) is 12.2. The Morgan fingerprint density at radius 2 is 1.56 bits per heavy atom. The Hall–Kier alpha value is -4.99. The van der Waals surface area contributed by atoms with Gasteiger partial charge < -0.3 is 28.8 Å². The highest BCUT2D eigenvalue weighted by molar-refractivity contribution is 5.67. The van der Waals surface area contributed by atoms with Crippen LogP contribution in [0.4, 0.5) is 0 Å². The van der Waals surface area contributed by atoms with Gasteiger partial charge in [0.2, 0.25) is 5.88 Å². The molecule has 0 saturated heterocycles. The topological polar surface area (TPSA) is 109 Å². The fourth-order valence-electron chi connectivity index (χ4n) is 4.97. The van der Waals surface area contributed by atoms with E-state index in [0.29, 0.717) is 52.5 Å². The van der Waals surface area contributed by atoms with Gasteiger partial charge in [0.1, 0.15) is 17.8 Å². The lowest BCUT2D eigenvalue weighted by Crippen LogP contribution is -2.15. The van der Waals surface area contributed by atoms with Crippen molar-refractivity contribution in [3.63, 3.8) is 0 Å². The van der Waals surface area contributed by atoms with Crippen LogP contribution in [0.25, 0.3) is 5.65 Å². The molecule has 0 unspecified atom stereocenters. The van der Waals surface area contributed by atoms with Gasteiger partial charge >= 0.3 is 0 Å². The summed E-state index contributed by atoms with van der Waals surface area (Å²) in [6, 6.07) is 16.6. The number of fused-ring (bicyclic) bond motifs is 4. The zero-order valence-corrected chi connectivity index (χ0v) is 21.8. The number of phenolic OH excluding ortho intramolecular Hbond substituents is 1. The summed E-state index contributed by atoms with van der Waals surface area (Å²) in [6.45, 7) is 0. The normalized spacial score (nSPS) is 13.8. The number of rotatable bonds is 7. The van der Waals surface area contributed by atoms with Gasteiger partial charge in [0, 0.05) is 24.0 Å². The third-order valence-electron chi connectivity index (χ3n) is 6.79. The predicted octanol–water partition coefficient (Wildman–Crippen LogP) is 4.74. The van der Waals surface area contributed by atoms with Crippen LogP contribution < -0.4 is 23.7 Å². The van der Waals surface area contributed by atoms with Crippen LogP contribution in [0, 0.1) is 0 Å². The first-order valence-corrected chi connectivity index (χ1v) is 12.2. The van der Waals surface area contributed by atoms with Gasteiger partial charge in [-0.3, -0.25) is 0 Å². The van der Waals surface area contributed by atoms with Gasteiger partial charge in [0.15, 0.2) is 34.5 Å². The second-order valence-electron chi connectivity index (χ2n) is 9.00. The summed E-state index contributed by atoms with van der Waals surface area (Å²) in [6.07, 6.45) is 2.06. The number of aromatic nitrogens is 4. The Morgan fingerprint density at radius 3 is 2.31 bits per heavy atom. The second-order valence-corrected chi connectivity index (χ2v) is 9.00. The van der Waals surface area contributed by atoms with Crippen molar-refractivity contribution in [1.29, 1.82) is 0 Å². The highest BCUT2D eigenvalue weighted by atomic mass is 16.5. The number of ether oxygens (including phenoxy) is 5. The van der Waals surface area contributed by atoms with Gasteiger partial charge in [-0.15, -0.1) is 5.10 Å². The van der Waals surface area contributed by atoms with Crippen molar-refractivity contribution < 1.29 is 28.8 Å². The van der Waals surface area contributed by atoms with E-state index in [4.69, 9.17) is 33.8 Å². The van der Waals surface area contributed by atoms with Crippen molar-refractivity contribution in [3.05, 3.63) is 89.0 Å². The third-order valence-corrected chi connectivity index (χ3v) is 6.79. The predicted molar refractivity (Wildman–Crippen MR) is 142 cm³/mol. The fraction of sp³-hybridized carbons (Fsp3) is 0.207. The molecule has 10 heteroatoms. The molecular formula is C29H26N4O6. The van der Waals surface area contributed by atoms with Gasteiger partial charge in [-0.05, 0) is 41.5 Å². The van der Waals surface area contributed by atoms with Gasteiger partial charge in [0.05, 0.1) is 34.0 Å². The number of nitrogens with zero attached hydrogens (tertiary/aromatic N) is 4. The van der Waals surface area contributed by atoms with Gasteiger partial charge in [-0.2, -0.15) is 0 Å². The van der Waals surface area contributed by atoms with E-state index in [2.05, 4.69) is 4.98 Å². The van der Waals surface area contributed by atoms with Crippen molar-refractivity contribution >= 4 is 5.65 Å². The van der Waals surface area contributed by atoms with Crippen LogP contribution in [0.5, 0.6) is 40.4 Å². The van der Waals surface area contributed by atoms with Crippen LogP contribution in [0.3, 0.4) is 0 Å². The first-order chi connectivity index (χ1) is 19.0. The Morgan fingerprint density at radius 1 is 0.846 bits per heavy atom. The monoisotopic (exact) mass is 526 g/mol. The number of benzene rings is 3. The van der Waals surface area contributed by atoms with E-state index in [9.17, 15) is 5.11 Å². The Kier molecular flexibility index (Phi) is 6.07. The van der Waals surface area contributed by atoms with Crippen LogP contribution in [-0.2, 0) is 6.42 Å². The summed E-state index contributed by atoms with van der Waals surface area (Å²) in [5, 5.41) is 14.9. The molecule has 1 aliphatic heterocycles. The van der Waals surface area contributed by atoms with Crippen molar-refractivity contribution in [2.45, 2.75) is 12.3 Å². The molecule has 0 aliphatic carbocycles. The molecule has 3 aromatic carbocycles. The molecule has 0 fully saturated rings. The summed E-state index contributed by atoms with van der Waals surface area (Å²) in [5.74, 6) is 3.81. The van der Waals surface area contributed by atoms with Gasteiger partial charge in [-0.1, -0.05) is 18.2 Å². The Labute approximate surface area is 224 Å². The van der Waals surface area contributed by atoms with Crippen LogP contribution in [0.2, 0.25) is 0 Å². The minimum absolute atomic E-state index is 0.101. The molecule has 0 bridgehead atoms. The molecule has 2 aromatic heterocycles. The van der Waals surface area contributed by atoms with Crippen molar-refractivity contribution in [2.24, 2.45) is 0 Å². The molecule has 1 N–H and O–H groups in total. The fourth-order valence-corrected chi connectivity index (χ4v) is 4.97. The average Bonchev–Trinajstić information content (AvgIpc) is 3.38. The lowest BCUT2D eigenvalue weighted by Gasteiger charge is -2.28. The molecule has 0 amide bonds. The maximum Gasteiger partial charge on any atom is 0.228 e. The lowest BCUT2D eigenvalue weighted by atomic mass is 9.83. The maximum atomic E-state index is 10.1. The zero-order chi connectivity index (χ0) is 27.1. The van der Waals surface area contributed by atoms with E-state index >= 15 is 0 Å². The number of phenols is 1. The van der Waals surface area contributed by atoms with Crippen molar-refractivity contribution in [1.82, 2.24) is 19.6 Å². The number of aromatic hydroxyl groups is 1. The van der Waals surface area contributed by atoms with Crippen LogP contribution in [0.1, 0.15) is 34.0 Å². The summed E-state index contributed by atoms with van der Waals surface area (Å²) >= 11 is 0. The largest absolute Gasteiger partial charge is 0.508 e. The first kappa shape index (κ1) is 24.4. The van der Waals surface area contributed by atoms with E-state index in [0.717, 1.165) is 22.3 Å². The van der Waals surface area contributed by atoms with Crippen molar-refractivity contribution in [2.75, 3.05) is 28.4 Å². The maximum absolute atomic E-state index is 10.1. The summed E-state index contributed by atoms with van der Waals surface area (Å²) < 4.78 is 29.7. The summed E-state index contributed by atoms with van der Waals surface area (Å²) in [4.78, 5) is 9.48. The molecule has 0 radical (unpaired) electrons. The quantitative estimate of drug-likeness (QED) is 0.315. The molecule has 0 spiro atoms. The smallest absolute Gasteiger partial charge is 0.228 e. The van der Waals surface area contributed by atoms with E-state index in [1.807, 2.05) is 42.5 Å². The molecule has 6 rings (SSSR count). The number of methoxy groups -OCH3 is 4. The highest BCUT2D eigenvalue weighted by Crippen LogP contribution is 2.49. The highest BCUT2D eigenvalue weighted by Gasteiger charge is 2.34. The van der Waals surface area contributed by atoms with E-state index in [-0.39, 0.29) is 11.7 Å². The summed E-state index contributed by atoms with van der Waals surface area (Å²) in [7, 11) is 6.41. The number of hydrogen-bond donors (Lipinski definition) is 1. The van der Waals surface area contributed by atoms with Crippen molar-refractivity contribution in [3.8, 4) is 40.4 Å². The molecule has 39 heavy (non-hydrogen) atoms. The average molecular weight is 527 g/mol. The van der Waals surface area contributed by atoms with Crippen LogP contribution >= 0.6 is 0 Å². The molecule has 1 aliphatic rings. The second kappa shape index (κ2) is 9.71. The SMILES string of the molecule is COc1ccc(Cc2nc3c4c(ncn3n2)Oc2cc(O)ccc2[C@@H]4c2ccc(OC)c(OC)c2)cc1OC. The van der Waals surface area contributed by atoms with E-state index < -0.39 is 0 Å². The molecule has 1 atom stereocenters. The minimum Gasteiger partial charge on any atom is -0.508 e. The van der Waals surface area contributed by atoms with Crippen LogP contribution in [-0.4, -0.2) is 53.1 Å². The lowest BCUT2D eigenvalue weighted by molar-refractivity contribution is 0.354. The zero-order valence-electron chi connectivity index (χ0n) is 21.8. The Bertz CT molecular complexity index is 1700. The molecule has 10 nitrogen and oxygen atoms in total. The van der Waals surface area contributed by atoms with Gasteiger partial charge in [0.25, 0.3) is 0 Å². The Balaban J connectivity index is 1.49.